The van der Waals surface area contributed by atoms with Crippen molar-refractivity contribution < 1.29 is 28.8 Å². The minimum atomic E-state index is -1.24. The summed E-state index contributed by atoms with van der Waals surface area (Å²) >= 11 is 0. The molecule has 2 aromatic carbocycles. The summed E-state index contributed by atoms with van der Waals surface area (Å²) in [6, 6.07) is 12.5. The van der Waals surface area contributed by atoms with E-state index in [0.29, 0.717) is 5.69 Å². The number of ether oxygens (including phenoxy) is 1. The second-order valence-electron chi connectivity index (χ2n) is 7.87. The summed E-state index contributed by atoms with van der Waals surface area (Å²) in [6.45, 7) is 3.61. The Morgan fingerprint density at radius 1 is 1.07 bits per heavy atom. The fourth-order valence-corrected chi connectivity index (χ4v) is 4.62. The van der Waals surface area contributed by atoms with Crippen molar-refractivity contribution in [3.05, 3.63) is 65.5 Å². The summed E-state index contributed by atoms with van der Waals surface area (Å²) in [6.07, 6.45) is 0. The van der Waals surface area contributed by atoms with E-state index in [1.54, 1.807) is 12.2 Å². The molecule has 150 valence electrons. The summed E-state index contributed by atoms with van der Waals surface area (Å²) < 4.78 is 18.3. The largest absolute Gasteiger partial charge is 0.464 e. The topological polar surface area (TPSA) is 80.3 Å². The summed E-state index contributed by atoms with van der Waals surface area (Å²) in [5.41, 5.74) is 0.989. The highest BCUT2D eigenvalue weighted by atomic mass is 19.1. The number of rotatable bonds is 3. The Morgan fingerprint density at radius 2 is 1.69 bits per heavy atom. The molecule has 2 heterocycles. The molecule has 0 spiro atoms. The van der Waals surface area contributed by atoms with Crippen LogP contribution in [0.15, 0.2) is 48.5 Å². The fraction of sp³-hybridized carbons (Fsp3) is 0.318. The molecule has 2 aliphatic rings. The third-order valence-electron chi connectivity index (χ3n) is 6.08. The van der Waals surface area contributed by atoms with E-state index in [1.165, 1.54) is 31.4 Å². The van der Waals surface area contributed by atoms with E-state index in [4.69, 9.17) is 4.74 Å². The van der Waals surface area contributed by atoms with E-state index in [-0.39, 0.29) is 5.91 Å². The van der Waals surface area contributed by atoms with Gasteiger partial charge in [0.05, 0.1) is 12.8 Å². The van der Waals surface area contributed by atoms with Gasteiger partial charge in [-0.25, -0.2) is 14.1 Å². The number of imide groups is 1. The van der Waals surface area contributed by atoms with Gasteiger partial charge in [0.25, 0.3) is 0 Å². The van der Waals surface area contributed by atoms with Crippen LogP contribution >= 0.6 is 0 Å². The molecule has 4 rings (SSSR count). The molecule has 2 fully saturated rings. The average molecular weight is 397 g/mol. The lowest BCUT2D eigenvalue weighted by molar-refractivity contribution is -0.730. The number of fused-ring (bicyclic) bond motifs is 1. The summed E-state index contributed by atoms with van der Waals surface area (Å²) in [5.74, 6) is -3.47. The Morgan fingerprint density at radius 3 is 2.28 bits per heavy atom. The standard InChI is InChI=1S/C22H21FN2O4/c1-12-4-6-13(7-5-12)18-16-17(22(2,24-18)21(28)29-3)20(27)25(19(16)26)15-10-8-14(23)9-11-15/h4-11,16-18,24H,1-3H3/p+1/t16-,17-,18+,22-/m0/s1. The predicted molar refractivity (Wildman–Crippen MR) is 102 cm³/mol. The number of carbonyl (C=O) groups is 3. The summed E-state index contributed by atoms with van der Waals surface area (Å²) in [5, 5.41) is 1.77. The Hall–Kier alpha value is -3.06. The minimum absolute atomic E-state index is 0.297. The molecule has 6 nitrogen and oxygen atoms in total. The molecular formula is C22H22FN2O4+. The van der Waals surface area contributed by atoms with Crippen molar-refractivity contribution in [3.8, 4) is 0 Å². The van der Waals surface area contributed by atoms with Gasteiger partial charge in [0.15, 0.2) is 0 Å². The number of hydrogen-bond donors (Lipinski definition) is 1. The van der Waals surface area contributed by atoms with Gasteiger partial charge >= 0.3 is 5.97 Å². The van der Waals surface area contributed by atoms with E-state index in [0.717, 1.165) is 16.0 Å². The van der Waals surface area contributed by atoms with Gasteiger partial charge in [-0.1, -0.05) is 29.8 Å². The first-order chi connectivity index (χ1) is 13.8. The molecule has 29 heavy (non-hydrogen) atoms. The molecule has 2 aliphatic heterocycles. The highest BCUT2D eigenvalue weighted by Crippen LogP contribution is 2.45. The summed E-state index contributed by atoms with van der Waals surface area (Å²) in [4.78, 5) is 40.4. The summed E-state index contributed by atoms with van der Waals surface area (Å²) in [7, 11) is 1.27. The van der Waals surface area contributed by atoms with Crippen LogP contribution in [-0.4, -0.2) is 30.4 Å². The number of amides is 2. The second kappa shape index (κ2) is 6.77. The molecule has 0 bridgehead atoms. The quantitative estimate of drug-likeness (QED) is 0.629. The highest BCUT2D eigenvalue weighted by Gasteiger charge is 2.70. The van der Waals surface area contributed by atoms with Crippen molar-refractivity contribution in [1.82, 2.24) is 0 Å². The molecular weight excluding hydrogens is 375 g/mol. The maximum atomic E-state index is 13.4. The van der Waals surface area contributed by atoms with Gasteiger partial charge in [-0.15, -0.1) is 0 Å². The molecule has 4 atom stereocenters. The lowest BCUT2D eigenvalue weighted by Crippen LogP contribution is -2.97. The van der Waals surface area contributed by atoms with E-state index in [2.05, 4.69) is 0 Å². The molecule has 7 heteroatoms. The number of methoxy groups -OCH3 is 1. The molecule has 2 N–H and O–H groups in total. The van der Waals surface area contributed by atoms with Crippen LogP contribution in [0.3, 0.4) is 0 Å². The van der Waals surface area contributed by atoms with Gasteiger partial charge in [0.1, 0.15) is 23.7 Å². The van der Waals surface area contributed by atoms with E-state index < -0.39 is 41.1 Å². The maximum Gasteiger partial charge on any atom is 0.368 e. The molecule has 0 aliphatic carbocycles. The SMILES string of the molecule is COC(=O)[C@@]1(C)[NH2+][C@H](c2ccc(C)cc2)[C@H]2C(=O)N(c3ccc(F)cc3)C(=O)[C@H]21. The zero-order valence-electron chi connectivity index (χ0n) is 16.4. The molecule has 0 radical (unpaired) electrons. The smallest absolute Gasteiger partial charge is 0.368 e. The highest BCUT2D eigenvalue weighted by molar-refractivity contribution is 6.23. The average Bonchev–Trinajstić information content (AvgIpc) is 3.17. The van der Waals surface area contributed by atoms with Gasteiger partial charge in [-0.05, 0) is 31.2 Å². The minimum Gasteiger partial charge on any atom is -0.464 e. The van der Waals surface area contributed by atoms with Crippen LogP contribution in [0.2, 0.25) is 0 Å². The number of esters is 1. The van der Waals surface area contributed by atoms with Crippen molar-refractivity contribution in [2.45, 2.75) is 25.4 Å². The Bertz CT molecular complexity index is 989. The number of hydrogen-bond acceptors (Lipinski definition) is 4. The predicted octanol–water partition coefficient (Wildman–Crippen LogP) is 1.49. The molecule has 0 saturated carbocycles. The van der Waals surface area contributed by atoms with Gasteiger partial charge in [-0.3, -0.25) is 9.59 Å². The number of benzene rings is 2. The lowest BCUT2D eigenvalue weighted by atomic mass is 9.80. The van der Waals surface area contributed by atoms with Gasteiger partial charge in [0, 0.05) is 12.5 Å². The van der Waals surface area contributed by atoms with Gasteiger partial charge in [-0.2, -0.15) is 0 Å². The maximum absolute atomic E-state index is 13.4. The number of aryl methyl sites for hydroxylation is 1. The monoisotopic (exact) mass is 397 g/mol. The lowest BCUT2D eigenvalue weighted by Gasteiger charge is -2.25. The van der Waals surface area contributed by atoms with Crippen molar-refractivity contribution in [1.29, 1.82) is 0 Å². The van der Waals surface area contributed by atoms with Crippen molar-refractivity contribution in [2.75, 3.05) is 12.0 Å². The Kier molecular flexibility index (Phi) is 4.50. The van der Waals surface area contributed by atoms with Crippen LogP contribution in [0.4, 0.5) is 10.1 Å². The first-order valence-corrected chi connectivity index (χ1v) is 9.42. The van der Waals surface area contributed by atoms with Crippen molar-refractivity contribution in [2.24, 2.45) is 11.8 Å². The van der Waals surface area contributed by atoms with E-state index in [9.17, 15) is 18.8 Å². The van der Waals surface area contributed by atoms with Gasteiger partial charge < -0.3 is 10.1 Å². The number of nitrogens with zero attached hydrogens (tertiary/aromatic N) is 1. The first kappa shape index (κ1) is 19.3. The van der Waals surface area contributed by atoms with Gasteiger partial charge in [0.2, 0.25) is 17.4 Å². The number of anilines is 1. The first-order valence-electron chi connectivity index (χ1n) is 9.42. The zero-order valence-corrected chi connectivity index (χ0v) is 16.4. The molecule has 2 aromatic rings. The normalized spacial score (nSPS) is 28.6. The van der Waals surface area contributed by atoms with Crippen LogP contribution in [0.5, 0.6) is 0 Å². The van der Waals surface area contributed by atoms with Crippen LogP contribution in [0, 0.1) is 24.6 Å². The number of carbonyl (C=O) groups excluding carboxylic acids is 3. The van der Waals surface area contributed by atoms with Crippen LogP contribution in [0.1, 0.15) is 24.1 Å². The second-order valence-corrected chi connectivity index (χ2v) is 7.87. The third-order valence-corrected chi connectivity index (χ3v) is 6.08. The fourth-order valence-electron chi connectivity index (χ4n) is 4.62. The van der Waals surface area contributed by atoms with Crippen LogP contribution in [-0.2, 0) is 19.1 Å². The van der Waals surface area contributed by atoms with E-state index >= 15 is 0 Å². The number of nitrogens with two attached hydrogens (primary N) is 1. The Labute approximate surface area is 167 Å². The zero-order chi connectivity index (χ0) is 20.9. The molecule has 2 amide bonds. The van der Waals surface area contributed by atoms with Crippen molar-refractivity contribution in [3.63, 3.8) is 0 Å². The molecule has 0 aromatic heterocycles. The number of quaternary nitrogens is 1. The van der Waals surface area contributed by atoms with Crippen LogP contribution in [0.25, 0.3) is 0 Å². The van der Waals surface area contributed by atoms with E-state index in [1.807, 2.05) is 31.2 Å². The van der Waals surface area contributed by atoms with Crippen molar-refractivity contribution >= 4 is 23.5 Å². The molecule has 0 unspecified atom stereocenters. The Balaban J connectivity index is 1.81. The number of halogens is 1. The molecule has 2 saturated heterocycles. The third kappa shape index (κ3) is 2.84. The van der Waals surface area contributed by atoms with Crippen LogP contribution < -0.4 is 10.2 Å².